The quantitative estimate of drug-likeness (QED) is 0.915. The first-order chi connectivity index (χ1) is 10.1. The van der Waals surface area contributed by atoms with Gasteiger partial charge in [-0.15, -0.1) is 0 Å². The number of aromatic nitrogens is 2. The second-order valence-electron chi connectivity index (χ2n) is 5.89. The third-order valence-electron chi connectivity index (χ3n) is 4.08. The van der Waals surface area contributed by atoms with Crippen molar-refractivity contribution in [2.75, 3.05) is 6.61 Å². The molecule has 1 aliphatic carbocycles. The van der Waals surface area contributed by atoms with Gasteiger partial charge in [0.15, 0.2) is 5.82 Å². The zero-order valence-electron chi connectivity index (χ0n) is 12.6. The van der Waals surface area contributed by atoms with E-state index in [1.165, 1.54) is 5.56 Å². The molecule has 1 aromatic heterocycles. The molecule has 0 radical (unpaired) electrons. The molecule has 1 aliphatic rings. The highest BCUT2D eigenvalue weighted by atomic mass is 16.5. The first kappa shape index (κ1) is 14.1. The first-order valence-corrected chi connectivity index (χ1v) is 7.39. The number of ether oxygens (including phenoxy) is 1. The van der Waals surface area contributed by atoms with Crippen molar-refractivity contribution in [2.24, 2.45) is 5.73 Å². The van der Waals surface area contributed by atoms with Crippen LogP contribution in [0.4, 0.5) is 0 Å². The smallest absolute Gasteiger partial charge is 0.230 e. The summed E-state index contributed by atoms with van der Waals surface area (Å²) in [6.45, 7) is 4.60. The minimum absolute atomic E-state index is 0.365. The molecule has 3 rings (SSSR count). The molecule has 112 valence electrons. The maximum absolute atomic E-state index is 6.18. The molecular weight excluding hydrogens is 266 g/mol. The van der Waals surface area contributed by atoms with Gasteiger partial charge in [-0.1, -0.05) is 17.3 Å². The molecule has 0 unspecified atom stereocenters. The van der Waals surface area contributed by atoms with Crippen LogP contribution >= 0.6 is 0 Å². The number of hydrogen-bond donors (Lipinski definition) is 1. The van der Waals surface area contributed by atoms with Gasteiger partial charge in [0.25, 0.3) is 0 Å². The Morgan fingerprint density at radius 3 is 2.86 bits per heavy atom. The number of aryl methyl sites for hydroxylation is 2. The average Bonchev–Trinajstić information content (AvgIpc) is 2.89. The Bertz CT molecular complexity index is 632. The standard InChI is InChI=1S/C16H21N3O2/c1-11-4-5-12(2)13(10-11)20-9-6-14-18-15(19-21-14)16(17)7-3-8-16/h4-5,10H,3,6-9,17H2,1-2H3. The Balaban J connectivity index is 1.57. The lowest BCUT2D eigenvalue weighted by atomic mass is 9.77. The van der Waals surface area contributed by atoms with E-state index in [1.54, 1.807) is 0 Å². The Morgan fingerprint density at radius 1 is 1.33 bits per heavy atom. The van der Waals surface area contributed by atoms with Crippen LogP contribution in [0.3, 0.4) is 0 Å². The van der Waals surface area contributed by atoms with Gasteiger partial charge in [-0.25, -0.2) is 0 Å². The summed E-state index contributed by atoms with van der Waals surface area (Å²) in [4.78, 5) is 4.39. The van der Waals surface area contributed by atoms with Gasteiger partial charge in [0.05, 0.1) is 18.6 Å². The molecule has 0 atom stereocenters. The van der Waals surface area contributed by atoms with Crippen LogP contribution in [-0.2, 0) is 12.0 Å². The van der Waals surface area contributed by atoms with Crippen LogP contribution in [0.25, 0.3) is 0 Å². The third-order valence-corrected chi connectivity index (χ3v) is 4.08. The van der Waals surface area contributed by atoms with Crippen LogP contribution in [0.2, 0.25) is 0 Å². The van der Waals surface area contributed by atoms with Crippen molar-refractivity contribution in [3.05, 3.63) is 41.0 Å². The lowest BCUT2D eigenvalue weighted by Crippen LogP contribution is -2.44. The average molecular weight is 287 g/mol. The third kappa shape index (κ3) is 2.93. The lowest BCUT2D eigenvalue weighted by Gasteiger charge is -2.34. The fourth-order valence-electron chi connectivity index (χ4n) is 2.45. The van der Waals surface area contributed by atoms with E-state index in [2.05, 4.69) is 29.2 Å². The summed E-state index contributed by atoms with van der Waals surface area (Å²) in [5.74, 6) is 2.13. The minimum atomic E-state index is -0.365. The summed E-state index contributed by atoms with van der Waals surface area (Å²) in [5, 5.41) is 4.00. The second-order valence-corrected chi connectivity index (χ2v) is 5.89. The molecule has 0 amide bonds. The van der Waals surface area contributed by atoms with E-state index >= 15 is 0 Å². The van der Waals surface area contributed by atoms with Gasteiger partial charge in [-0.3, -0.25) is 0 Å². The monoisotopic (exact) mass is 287 g/mol. The highest BCUT2D eigenvalue weighted by Crippen LogP contribution is 2.36. The molecule has 5 nitrogen and oxygen atoms in total. The predicted octanol–water partition coefficient (Wildman–Crippen LogP) is 2.65. The molecule has 0 saturated heterocycles. The Hall–Kier alpha value is -1.88. The molecule has 5 heteroatoms. The first-order valence-electron chi connectivity index (χ1n) is 7.39. The summed E-state index contributed by atoms with van der Waals surface area (Å²) in [7, 11) is 0. The molecule has 2 aromatic rings. The molecule has 2 N–H and O–H groups in total. The van der Waals surface area contributed by atoms with Gasteiger partial charge in [0.2, 0.25) is 5.89 Å². The van der Waals surface area contributed by atoms with Gasteiger partial charge in [-0.05, 0) is 50.3 Å². The van der Waals surface area contributed by atoms with Crippen molar-refractivity contribution in [3.63, 3.8) is 0 Å². The van der Waals surface area contributed by atoms with E-state index in [1.807, 2.05) is 13.0 Å². The highest BCUT2D eigenvalue weighted by Gasteiger charge is 2.38. The van der Waals surface area contributed by atoms with E-state index in [9.17, 15) is 0 Å². The van der Waals surface area contributed by atoms with Gasteiger partial charge in [0.1, 0.15) is 5.75 Å². The number of rotatable bonds is 5. The van der Waals surface area contributed by atoms with Crippen molar-refractivity contribution in [2.45, 2.75) is 45.1 Å². The lowest BCUT2D eigenvalue weighted by molar-refractivity contribution is 0.228. The molecule has 0 bridgehead atoms. The van der Waals surface area contributed by atoms with Crippen LogP contribution in [0.15, 0.2) is 22.7 Å². The summed E-state index contributed by atoms with van der Waals surface area (Å²) >= 11 is 0. The largest absolute Gasteiger partial charge is 0.493 e. The molecule has 1 saturated carbocycles. The van der Waals surface area contributed by atoms with Crippen LogP contribution in [-0.4, -0.2) is 16.7 Å². The maximum atomic E-state index is 6.18. The zero-order chi connectivity index (χ0) is 14.9. The Morgan fingerprint density at radius 2 is 2.14 bits per heavy atom. The van der Waals surface area contributed by atoms with Crippen molar-refractivity contribution >= 4 is 0 Å². The van der Waals surface area contributed by atoms with Crippen molar-refractivity contribution < 1.29 is 9.26 Å². The second kappa shape index (κ2) is 5.48. The summed E-state index contributed by atoms with van der Waals surface area (Å²) in [6, 6.07) is 6.17. The van der Waals surface area contributed by atoms with E-state index in [4.69, 9.17) is 15.0 Å². The van der Waals surface area contributed by atoms with Crippen molar-refractivity contribution in [3.8, 4) is 5.75 Å². The topological polar surface area (TPSA) is 74.2 Å². The number of benzene rings is 1. The van der Waals surface area contributed by atoms with Gasteiger partial charge >= 0.3 is 0 Å². The number of nitrogens with zero attached hydrogens (tertiary/aromatic N) is 2. The Kier molecular flexibility index (Phi) is 3.68. The fourth-order valence-corrected chi connectivity index (χ4v) is 2.45. The molecule has 0 spiro atoms. The molecule has 1 fully saturated rings. The van der Waals surface area contributed by atoms with Crippen LogP contribution in [0.5, 0.6) is 5.75 Å². The number of nitrogens with two attached hydrogens (primary N) is 1. The van der Waals surface area contributed by atoms with E-state index in [-0.39, 0.29) is 5.54 Å². The van der Waals surface area contributed by atoms with Crippen LogP contribution < -0.4 is 10.5 Å². The summed E-state index contributed by atoms with van der Waals surface area (Å²) in [5.41, 5.74) is 8.12. The molecule has 1 aromatic carbocycles. The van der Waals surface area contributed by atoms with Gasteiger partial charge in [-0.2, -0.15) is 4.98 Å². The SMILES string of the molecule is Cc1ccc(C)c(OCCc2nc(C3(N)CCC3)no2)c1. The maximum Gasteiger partial charge on any atom is 0.230 e. The molecule has 0 aliphatic heterocycles. The van der Waals surface area contributed by atoms with E-state index < -0.39 is 0 Å². The van der Waals surface area contributed by atoms with Crippen molar-refractivity contribution in [1.29, 1.82) is 0 Å². The van der Waals surface area contributed by atoms with Gasteiger partial charge < -0.3 is 15.0 Å². The van der Waals surface area contributed by atoms with Crippen LogP contribution in [0.1, 0.15) is 42.1 Å². The minimum Gasteiger partial charge on any atom is -0.493 e. The van der Waals surface area contributed by atoms with E-state index in [0.717, 1.165) is 30.6 Å². The molecule has 1 heterocycles. The summed E-state index contributed by atoms with van der Waals surface area (Å²) in [6.07, 6.45) is 3.60. The number of hydrogen-bond acceptors (Lipinski definition) is 5. The molecular formula is C16H21N3O2. The molecule has 21 heavy (non-hydrogen) atoms. The Labute approximate surface area is 124 Å². The predicted molar refractivity (Wildman–Crippen MR) is 79.1 cm³/mol. The van der Waals surface area contributed by atoms with E-state index in [0.29, 0.717) is 24.7 Å². The van der Waals surface area contributed by atoms with Crippen LogP contribution in [0, 0.1) is 13.8 Å². The highest BCUT2D eigenvalue weighted by molar-refractivity contribution is 5.35. The normalized spacial score (nSPS) is 16.5. The summed E-state index contributed by atoms with van der Waals surface area (Å²) < 4.78 is 11.1. The van der Waals surface area contributed by atoms with Gasteiger partial charge in [0, 0.05) is 0 Å². The van der Waals surface area contributed by atoms with Crippen molar-refractivity contribution in [1.82, 2.24) is 10.1 Å². The fraction of sp³-hybridized carbons (Fsp3) is 0.500. The zero-order valence-corrected chi connectivity index (χ0v) is 12.6.